The van der Waals surface area contributed by atoms with Crippen molar-refractivity contribution in [2.75, 3.05) is 13.1 Å². The second-order valence-corrected chi connectivity index (χ2v) is 9.08. The largest absolute Gasteiger partial charge is 0.444 e. The van der Waals surface area contributed by atoms with E-state index >= 15 is 0 Å². The summed E-state index contributed by atoms with van der Waals surface area (Å²) in [6, 6.07) is 7.91. The second kappa shape index (κ2) is 6.81. The van der Waals surface area contributed by atoms with Crippen molar-refractivity contribution in [2.24, 2.45) is 0 Å². The molecule has 1 fully saturated rings. The zero-order valence-electron chi connectivity index (χ0n) is 14.2. The lowest BCUT2D eigenvalue weighted by Crippen LogP contribution is -2.44. The van der Waals surface area contributed by atoms with Gasteiger partial charge in [-0.2, -0.15) is 5.26 Å². The van der Waals surface area contributed by atoms with E-state index in [1.54, 1.807) is 25.7 Å². The fraction of sp³-hybridized carbons (Fsp3) is 0.529. The summed E-state index contributed by atoms with van der Waals surface area (Å²) in [5, 5.41) is 8.27. The van der Waals surface area contributed by atoms with Crippen LogP contribution in [0.15, 0.2) is 29.2 Å². The number of amides is 1. The molecular formula is C17H22N2O4S. The van der Waals surface area contributed by atoms with E-state index in [-0.39, 0.29) is 4.90 Å². The van der Waals surface area contributed by atoms with Gasteiger partial charge in [-0.25, -0.2) is 13.2 Å². The molecule has 0 aromatic heterocycles. The first-order chi connectivity index (χ1) is 11.1. The van der Waals surface area contributed by atoms with E-state index in [2.05, 4.69) is 0 Å². The molecular weight excluding hydrogens is 328 g/mol. The number of hydrogen-bond donors (Lipinski definition) is 0. The van der Waals surface area contributed by atoms with Crippen molar-refractivity contribution in [3.05, 3.63) is 29.8 Å². The summed E-state index contributed by atoms with van der Waals surface area (Å²) in [5.41, 5.74) is -0.142. The number of rotatable bonds is 2. The predicted octanol–water partition coefficient (Wildman–Crippen LogP) is 2.73. The molecule has 1 aliphatic rings. The molecule has 1 saturated heterocycles. The molecule has 1 aromatic carbocycles. The third-order valence-corrected chi connectivity index (χ3v) is 6.12. The highest BCUT2D eigenvalue weighted by Gasteiger charge is 2.34. The number of hydrogen-bond acceptors (Lipinski definition) is 5. The predicted molar refractivity (Wildman–Crippen MR) is 89.2 cm³/mol. The van der Waals surface area contributed by atoms with Crippen LogP contribution in [0.4, 0.5) is 4.79 Å². The summed E-state index contributed by atoms with van der Waals surface area (Å²) in [5.74, 6) is 0. The number of carbonyl (C=O) groups excluding carboxylic acids is 1. The number of sulfone groups is 1. The minimum Gasteiger partial charge on any atom is -0.444 e. The Morgan fingerprint density at radius 3 is 2.21 bits per heavy atom. The van der Waals surface area contributed by atoms with E-state index in [0.717, 1.165) is 0 Å². The van der Waals surface area contributed by atoms with Crippen LogP contribution in [0.1, 0.15) is 39.2 Å². The van der Waals surface area contributed by atoms with Gasteiger partial charge in [0.1, 0.15) is 5.60 Å². The molecule has 0 aliphatic carbocycles. The third-order valence-electron chi connectivity index (χ3n) is 3.84. The molecule has 1 heterocycles. The standard InChI is InChI=1S/C17H22N2O4S/c1-17(2,3)23-16(20)19-10-8-15(9-11-19)24(21,22)14-6-4-13(12-18)5-7-14/h4-7,15H,8-11H2,1-3H3. The second-order valence-electron chi connectivity index (χ2n) is 6.85. The average Bonchev–Trinajstić information content (AvgIpc) is 2.53. The van der Waals surface area contributed by atoms with Gasteiger partial charge in [0.15, 0.2) is 9.84 Å². The molecule has 24 heavy (non-hydrogen) atoms. The van der Waals surface area contributed by atoms with E-state index < -0.39 is 26.8 Å². The van der Waals surface area contributed by atoms with Crippen LogP contribution in [0.3, 0.4) is 0 Å². The van der Waals surface area contributed by atoms with E-state index in [1.165, 1.54) is 24.3 Å². The van der Waals surface area contributed by atoms with Crippen molar-refractivity contribution in [1.29, 1.82) is 5.26 Å². The van der Waals surface area contributed by atoms with Gasteiger partial charge in [0.2, 0.25) is 0 Å². The Balaban J connectivity index is 2.03. The summed E-state index contributed by atoms with van der Waals surface area (Å²) in [4.78, 5) is 13.8. The summed E-state index contributed by atoms with van der Waals surface area (Å²) in [6.45, 7) is 6.11. The van der Waals surface area contributed by atoms with E-state index in [0.29, 0.717) is 31.5 Å². The molecule has 0 spiro atoms. The van der Waals surface area contributed by atoms with Crippen molar-refractivity contribution >= 4 is 15.9 Å². The van der Waals surface area contributed by atoms with Crippen LogP contribution in [0.5, 0.6) is 0 Å². The number of carbonyl (C=O) groups is 1. The Morgan fingerprint density at radius 2 is 1.75 bits per heavy atom. The molecule has 7 heteroatoms. The van der Waals surface area contributed by atoms with Crippen LogP contribution < -0.4 is 0 Å². The molecule has 1 aromatic rings. The summed E-state index contributed by atoms with van der Waals surface area (Å²) in [6.07, 6.45) is 0.347. The normalized spacial score (nSPS) is 16.5. The van der Waals surface area contributed by atoms with Crippen molar-refractivity contribution in [3.8, 4) is 6.07 Å². The number of likely N-dealkylation sites (tertiary alicyclic amines) is 1. The highest BCUT2D eigenvalue weighted by atomic mass is 32.2. The number of ether oxygens (including phenoxy) is 1. The minimum atomic E-state index is -3.46. The van der Waals surface area contributed by atoms with Gasteiger partial charge in [0, 0.05) is 13.1 Å². The molecule has 6 nitrogen and oxygen atoms in total. The minimum absolute atomic E-state index is 0.220. The van der Waals surface area contributed by atoms with Gasteiger partial charge in [-0.1, -0.05) is 0 Å². The molecule has 0 N–H and O–H groups in total. The lowest BCUT2D eigenvalue weighted by Gasteiger charge is -2.33. The fourth-order valence-electron chi connectivity index (χ4n) is 2.59. The Labute approximate surface area is 142 Å². The lowest BCUT2D eigenvalue weighted by molar-refractivity contribution is 0.0217. The van der Waals surface area contributed by atoms with Crippen LogP contribution in [0, 0.1) is 11.3 Å². The number of nitriles is 1. The molecule has 1 amide bonds. The van der Waals surface area contributed by atoms with Crippen LogP contribution in [0.25, 0.3) is 0 Å². The van der Waals surface area contributed by atoms with Crippen molar-refractivity contribution < 1.29 is 17.9 Å². The van der Waals surface area contributed by atoms with Crippen molar-refractivity contribution in [3.63, 3.8) is 0 Å². The van der Waals surface area contributed by atoms with Gasteiger partial charge in [0.25, 0.3) is 0 Å². The van der Waals surface area contributed by atoms with Gasteiger partial charge in [-0.05, 0) is 57.9 Å². The smallest absolute Gasteiger partial charge is 0.410 e. The average molecular weight is 350 g/mol. The monoisotopic (exact) mass is 350 g/mol. The molecule has 1 aliphatic heterocycles. The van der Waals surface area contributed by atoms with Crippen LogP contribution in [0.2, 0.25) is 0 Å². The van der Waals surface area contributed by atoms with Gasteiger partial charge < -0.3 is 9.64 Å². The quantitative estimate of drug-likeness (QED) is 0.818. The van der Waals surface area contributed by atoms with Crippen molar-refractivity contribution in [2.45, 2.75) is 49.4 Å². The SMILES string of the molecule is CC(C)(C)OC(=O)N1CCC(S(=O)(=O)c2ccc(C#N)cc2)CC1. The first-order valence-electron chi connectivity index (χ1n) is 7.85. The van der Waals surface area contributed by atoms with Crippen molar-refractivity contribution in [1.82, 2.24) is 4.90 Å². The highest BCUT2D eigenvalue weighted by Crippen LogP contribution is 2.25. The summed E-state index contributed by atoms with van der Waals surface area (Å²) in [7, 11) is -3.46. The number of piperidine rings is 1. The Hall–Kier alpha value is -2.07. The van der Waals surface area contributed by atoms with Gasteiger partial charge in [-0.3, -0.25) is 0 Å². The summed E-state index contributed by atoms with van der Waals surface area (Å²) >= 11 is 0. The van der Waals surface area contributed by atoms with E-state index in [4.69, 9.17) is 10.00 Å². The molecule has 0 atom stereocenters. The van der Waals surface area contributed by atoms with E-state index in [1.807, 2.05) is 6.07 Å². The zero-order valence-corrected chi connectivity index (χ0v) is 15.0. The van der Waals surface area contributed by atoms with Gasteiger partial charge in [-0.15, -0.1) is 0 Å². The maximum atomic E-state index is 12.7. The maximum absolute atomic E-state index is 12.7. The van der Waals surface area contributed by atoms with E-state index in [9.17, 15) is 13.2 Å². The topological polar surface area (TPSA) is 87.5 Å². The first kappa shape index (κ1) is 18.3. The summed E-state index contributed by atoms with van der Waals surface area (Å²) < 4.78 is 30.7. The Bertz CT molecular complexity index is 734. The Morgan fingerprint density at radius 1 is 1.21 bits per heavy atom. The molecule has 0 bridgehead atoms. The highest BCUT2D eigenvalue weighted by molar-refractivity contribution is 7.92. The number of benzene rings is 1. The van der Waals surface area contributed by atoms with Crippen LogP contribution in [-0.4, -0.2) is 43.4 Å². The maximum Gasteiger partial charge on any atom is 0.410 e. The number of nitrogens with zero attached hydrogens (tertiary/aromatic N) is 2. The van der Waals surface area contributed by atoms with Crippen LogP contribution in [-0.2, 0) is 14.6 Å². The zero-order chi connectivity index (χ0) is 18.0. The molecule has 0 saturated carbocycles. The molecule has 130 valence electrons. The molecule has 2 rings (SSSR count). The van der Waals surface area contributed by atoms with Gasteiger partial charge >= 0.3 is 6.09 Å². The lowest BCUT2D eigenvalue weighted by atomic mass is 10.1. The van der Waals surface area contributed by atoms with Gasteiger partial charge in [0.05, 0.1) is 21.8 Å². The first-order valence-corrected chi connectivity index (χ1v) is 9.40. The third kappa shape index (κ3) is 4.26. The van der Waals surface area contributed by atoms with Crippen LogP contribution >= 0.6 is 0 Å². The molecule has 0 unspecified atom stereocenters. The Kier molecular flexibility index (Phi) is 5.19. The molecule has 0 radical (unpaired) electrons. The fourth-order valence-corrected chi connectivity index (χ4v) is 4.32.